The molecule has 0 spiro atoms. The summed E-state index contributed by atoms with van der Waals surface area (Å²) in [5, 5.41) is 10.3. The summed E-state index contributed by atoms with van der Waals surface area (Å²) in [6.07, 6.45) is 0. The highest BCUT2D eigenvalue weighted by Gasteiger charge is 2.19. The molecule has 0 aliphatic heterocycles. The van der Waals surface area contributed by atoms with E-state index in [1.807, 2.05) is 0 Å². The number of rotatable bonds is 8. The number of hydrogen-bond donors (Lipinski definition) is 2. The number of ether oxygens (including phenoxy) is 1. The summed E-state index contributed by atoms with van der Waals surface area (Å²) >= 11 is 3.97. The number of nitrogens with zero attached hydrogens (tertiary/aromatic N) is 2. The van der Waals surface area contributed by atoms with Crippen LogP contribution in [0.2, 0.25) is 0 Å². The molecule has 108 valence electrons. The van der Waals surface area contributed by atoms with Crippen LogP contribution in [0.25, 0.3) is 0 Å². The standard InChI is InChI=1S/C8H13BrN4O4S2/c1-6(14)11-7-12-13-8(18-7)19(15,16)10-3-5-17-4-2-9/h10H,2-5H2,1H3,(H,11,12,14). The van der Waals surface area contributed by atoms with Crippen molar-refractivity contribution in [3.63, 3.8) is 0 Å². The fourth-order valence-corrected chi connectivity index (χ4v) is 3.21. The number of aromatic nitrogens is 2. The van der Waals surface area contributed by atoms with Gasteiger partial charge in [0.2, 0.25) is 15.4 Å². The van der Waals surface area contributed by atoms with E-state index in [2.05, 4.69) is 36.2 Å². The number of amides is 1. The fourth-order valence-electron chi connectivity index (χ4n) is 0.986. The first-order chi connectivity index (χ1) is 8.95. The average Bonchev–Trinajstić information content (AvgIpc) is 2.77. The Hall–Kier alpha value is -0.620. The molecule has 0 bridgehead atoms. The van der Waals surface area contributed by atoms with Gasteiger partial charge in [0.05, 0.1) is 13.2 Å². The summed E-state index contributed by atoms with van der Waals surface area (Å²) in [5.41, 5.74) is 0. The van der Waals surface area contributed by atoms with Crippen molar-refractivity contribution in [2.45, 2.75) is 11.3 Å². The number of nitrogens with one attached hydrogen (secondary N) is 2. The third-order valence-electron chi connectivity index (χ3n) is 1.68. The number of halogens is 1. The minimum atomic E-state index is -3.71. The Bertz CT molecular complexity index is 519. The van der Waals surface area contributed by atoms with E-state index < -0.39 is 10.0 Å². The van der Waals surface area contributed by atoms with Gasteiger partial charge in [-0.15, -0.1) is 10.2 Å². The number of sulfonamides is 1. The second-order valence-corrected chi connectivity index (χ2v) is 6.96. The van der Waals surface area contributed by atoms with E-state index in [-0.39, 0.29) is 28.5 Å². The van der Waals surface area contributed by atoms with Crippen LogP contribution in [0.4, 0.5) is 5.13 Å². The van der Waals surface area contributed by atoms with E-state index in [0.29, 0.717) is 11.9 Å². The lowest BCUT2D eigenvalue weighted by molar-refractivity contribution is -0.114. The van der Waals surface area contributed by atoms with Crippen LogP contribution >= 0.6 is 27.3 Å². The molecule has 0 fully saturated rings. The predicted octanol–water partition coefficient (Wildman–Crippen LogP) is 0.186. The van der Waals surface area contributed by atoms with Crippen LogP contribution in [0.5, 0.6) is 0 Å². The van der Waals surface area contributed by atoms with E-state index >= 15 is 0 Å². The topological polar surface area (TPSA) is 110 Å². The van der Waals surface area contributed by atoms with Gasteiger partial charge in [-0.3, -0.25) is 4.79 Å². The Kier molecular flexibility index (Phi) is 6.79. The number of hydrogen-bond acceptors (Lipinski definition) is 7. The Morgan fingerprint density at radius 2 is 2.16 bits per heavy atom. The molecule has 0 saturated carbocycles. The smallest absolute Gasteiger partial charge is 0.269 e. The molecule has 0 radical (unpaired) electrons. The second-order valence-electron chi connectivity index (χ2n) is 3.25. The first kappa shape index (κ1) is 16.4. The molecular formula is C8H13BrN4O4S2. The molecule has 8 nitrogen and oxygen atoms in total. The second kappa shape index (κ2) is 7.85. The van der Waals surface area contributed by atoms with Gasteiger partial charge >= 0.3 is 0 Å². The molecule has 1 amide bonds. The van der Waals surface area contributed by atoms with Crippen LogP contribution in [-0.2, 0) is 19.6 Å². The highest BCUT2D eigenvalue weighted by atomic mass is 79.9. The quantitative estimate of drug-likeness (QED) is 0.382. The Labute approximate surface area is 123 Å². The third-order valence-corrected chi connectivity index (χ3v) is 4.67. The fraction of sp³-hybridized carbons (Fsp3) is 0.625. The van der Waals surface area contributed by atoms with Crippen molar-refractivity contribution < 1.29 is 17.9 Å². The van der Waals surface area contributed by atoms with E-state index in [1.54, 1.807) is 0 Å². The average molecular weight is 373 g/mol. The number of carbonyl (C=O) groups is 1. The van der Waals surface area contributed by atoms with Gasteiger partial charge in [0.15, 0.2) is 0 Å². The first-order valence-corrected chi connectivity index (χ1v) is 8.62. The summed E-state index contributed by atoms with van der Waals surface area (Å²) < 4.78 is 30.8. The Morgan fingerprint density at radius 1 is 1.42 bits per heavy atom. The van der Waals surface area contributed by atoms with Crippen LogP contribution in [0.15, 0.2) is 4.34 Å². The van der Waals surface area contributed by atoms with E-state index in [4.69, 9.17) is 4.74 Å². The van der Waals surface area contributed by atoms with Crippen LogP contribution in [-0.4, -0.2) is 49.6 Å². The van der Waals surface area contributed by atoms with Gasteiger partial charge in [0.1, 0.15) is 0 Å². The maximum absolute atomic E-state index is 11.8. The summed E-state index contributed by atoms with van der Waals surface area (Å²) in [4.78, 5) is 10.8. The zero-order valence-corrected chi connectivity index (χ0v) is 13.3. The van der Waals surface area contributed by atoms with Gasteiger partial charge in [-0.25, -0.2) is 13.1 Å². The van der Waals surface area contributed by atoms with E-state index in [9.17, 15) is 13.2 Å². The van der Waals surface area contributed by atoms with Crippen molar-refractivity contribution >= 4 is 48.3 Å². The summed E-state index contributed by atoms with van der Waals surface area (Å²) in [5.74, 6) is -0.337. The normalized spacial score (nSPS) is 11.5. The van der Waals surface area contributed by atoms with Gasteiger partial charge in [-0.2, -0.15) is 0 Å². The molecule has 0 aromatic carbocycles. The highest BCUT2D eigenvalue weighted by Crippen LogP contribution is 2.19. The van der Waals surface area contributed by atoms with Crippen molar-refractivity contribution in [1.82, 2.24) is 14.9 Å². The molecule has 1 aromatic rings. The lowest BCUT2D eigenvalue weighted by Crippen LogP contribution is -2.27. The van der Waals surface area contributed by atoms with Crippen molar-refractivity contribution in [1.29, 1.82) is 0 Å². The SMILES string of the molecule is CC(=O)Nc1nnc(S(=O)(=O)NCCOCCBr)s1. The predicted molar refractivity (Wildman–Crippen MR) is 74.0 cm³/mol. The van der Waals surface area contributed by atoms with Crippen LogP contribution in [0.1, 0.15) is 6.92 Å². The molecule has 0 saturated heterocycles. The van der Waals surface area contributed by atoms with Gasteiger partial charge in [0.25, 0.3) is 10.0 Å². The van der Waals surface area contributed by atoms with Crippen LogP contribution in [0, 0.1) is 0 Å². The lowest BCUT2D eigenvalue weighted by atomic mass is 10.7. The molecule has 0 aliphatic rings. The highest BCUT2D eigenvalue weighted by molar-refractivity contribution is 9.09. The molecule has 0 unspecified atom stereocenters. The minimum absolute atomic E-state index is 0.142. The molecule has 0 aliphatic carbocycles. The Morgan fingerprint density at radius 3 is 2.79 bits per heavy atom. The summed E-state index contributed by atoms with van der Waals surface area (Å²) in [6.45, 7) is 2.22. The molecule has 1 aromatic heterocycles. The minimum Gasteiger partial charge on any atom is -0.379 e. The van der Waals surface area contributed by atoms with Gasteiger partial charge in [-0.1, -0.05) is 27.3 Å². The molecule has 11 heteroatoms. The third kappa shape index (κ3) is 5.91. The zero-order chi connectivity index (χ0) is 14.3. The van der Waals surface area contributed by atoms with Crippen LogP contribution in [0.3, 0.4) is 0 Å². The van der Waals surface area contributed by atoms with Crippen molar-refractivity contribution in [2.75, 3.05) is 30.4 Å². The van der Waals surface area contributed by atoms with Crippen LogP contribution < -0.4 is 10.0 Å². The van der Waals surface area contributed by atoms with Crippen molar-refractivity contribution in [3.05, 3.63) is 0 Å². The molecular weight excluding hydrogens is 360 g/mol. The maximum atomic E-state index is 11.8. The molecule has 1 heterocycles. The van der Waals surface area contributed by atoms with Crippen molar-refractivity contribution in [2.24, 2.45) is 0 Å². The summed E-state index contributed by atoms with van der Waals surface area (Å²) in [6, 6.07) is 0. The number of alkyl halides is 1. The largest absolute Gasteiger partial charge is 0.379 e. The monoisotopic (exact) mass is 372 g/mol. The molecule has 2 N–H and O–H groups in total. The van der Waals surface area contributed by atoms with E-state index in [1.165, 1.54) is 6.92 Å². The molecule has 1 rings (SSSR count). The maximum Gasteiger partial charge on any atom is 0.269 e. The summed E-state index contributed by atoms with van der Waals surface area (Å²) in [7, 11) is -3.71. The van der Waals surface area contributed by atoms with Gasteiger partial charge in [0, 0.05) is 18.8 Å². The van der Waals surface area contributed by atoms with E-state index in [0.717, 1.165) is 11.3 Å². The van der Waals surface area contributed by atoms with Gasteiger partial charge < -0.3 is 10.1 Å². The zero-order valence-electron chi connectivity index (χ0n) is 10.1. The first-order valence-electron chi connectivity index (χ1n) is 5.20. The molecule has 0 atom stereocenters. The Balaban J connectivity index is 2.52. The van der Waals surface area contributed by atoms with Crippen molar-refractivity contribution in [3.8, 4) is 0 Å². The number of anilines is 1. The lowest BCUT2D eigenvalue weighted by Gasteiger charge is -2.03. The number of carbonyl (C=O) groups excluding carboxylic acids is 1. The molecule has 19 heavy (non-hydrogen) atoms. The van der Waals surface area contributed by atoms with Gasteiger partial charge in [-0.05, 0) is 0 Å².